The summed E-state index contributed by atoms with van der Waals surface area (Å²) in [5.74, 6) is 0. The summed E-state index contributed by atoms with van der Waals surface area (Å²) in [6.07, 6.45) is 6.35. The van der Waals surface area contributed by atoms with Crippen LogP contribution in [0.2, 0.25) is 0 Å². The van der Waals surface area contributed by atoms with E-state index in [1.165, 1.54) is 6.42 Å². The lowest BCUT2D eigenvalue weighted by molar-refractivity contribution is 0.179. The van der Waals surface area contributed by atoms with Crippen molar-refractivity contribution in [3.05, 3.63) is 0 Å². The molecule has 124 valence electrons. The quantitative estimate of drug-likeness (QED) is 0.769. The van der Waals surface area contributed by atoms with Crippen molar-refractivity contribution in [3.63, 3.8) is 0 Å². The summed E-state index contributed by atoms with van der Waals surface area (Å²) in [6.45, 7) is 7.19. The third kappa shape index (κ3) is 5.17. The van der Waals surface area contributed by atoms with Crippen molar-refractivity contribution in [2.75, 3.05) is 26.2 Å². The number of hydrazine groups is 1. The van der Waals surface area contributed by atoms with Crippen LogP contribution >= 0.6 is 0 Å². The molecule has 0 amide bonds. The van der Waals surface area contributed by atoms with Crippen LogP contribution in [0.4, 0.5) is 0 Å². The second kappa shape index (κ2) is 7.87. The van der Waals surface area contributed by atoms with Gasteiger partial charge in [0.25, 0.3) is 10.2 Å². The van der Waals surface area contributed by atoms with Gasteiger partial charge in [0.05, 0.1) is 0 Å². The Bertz CT molecular complexity index is 407. The lowest BCUT2D eigenvalue weighted by Gasteiger charge is -2.37. The molecule has 1 unspecified atom stereocenters. The fraction of sp³-hybridized carbons (Fsp3) is 1.00. The van der Waals surface area contributed by atoms with Gasteiger partial charge < -0.3 is 5.32 Å². The SMILES string of the molecule is CC(C)NCC1CCCCN1S(=O)(=O)NN1CCCCC1. The third-order valence-corrected chi connectivity index (χ3v) is 5.83. The van der Waals surface area contributed by atoms with Crippen LogP contribution in [-0.4, -0.2) is 56.0 Å². The van der Waals surface area contributed by atoms with E-state index in [9.17, 15) is 8.42 Å². The van der Waals surface area contributed by atoms with Gasteiger partial charge in [0.2, 0.25) is 0 Å². The molecule has 2 fully saturated rings. The van der Waals surface area contributed by atoms with Gasteiger partial charge in [0.15, 0.2) is 0 Å². The number of rotatable bonds is 6. The highest BCUT2D eigenvalue weighted by molar-refractivity contribution is 7.87. The molecule has 2 N–H and O–H groups in total. The van der Waals surface area contributed by atoms with Gasteiger partial charge in [0, 0.05) is 38.3 Å². The summed E-state index contributed by atoms with van der Waals surface area (Å²) in [4.78, 5) is 2.79. The topological polar surface area (TPSA) is 64.7 Å². The van der Waals surface area contributed by atoms with Gasteiger partial charge in [-0.3, -0.25) is 0 Å². The maximum absolute atomic E-state index is 12.7. The third-order valence-electron chi connectivity index (χ3n) is 4.24. The van der Waals surface area contributed by atoms with Gasteiger partial charge in [-0.1, -0.05) is 26.7 Å². The molecular formula is C14H30N4O2S. The Morgan fingerprint density at radius 3 is 2.38 bits per heavy atom. The molecule has 1 atom stereocenters. The monoisotopic (exact) mass is 318 g/mol. The predicted octanol–water partition coefficient (Wildman–Crippen LogP) is 1.07. The molecule has 6 nitrogen and oxygen atoms in total. The van der Waals surface area contributed by atoms with Gasteiger partial charge in [0.1, 0.15) is 0 Å². The van der Waals surface area contributed by atoms with Gasteiger partial charge in [-0.2, -0.15) is 12.7 Å². The first-order valence-electron chi connectivity index (χ1n) is 8.26. The first-order chi connectivity index (χ1) is 9.99. The van der Waals surface area contributed by atoms with Crippen molar-refractivity contribution >= 4 is 10.2 Å². The van der Waals surface area contributed by atoms with Crippen LogP contribution in [0.5, 0.6) is 0 Å². The lowest BCUT2D eigenvalue weighted by atomic mass is 10.0. The van der Waals surface area contributed by atoms with Crippen LogP contribution < -0.4 is 10.1 Å². The lowest BCUT2D eigenvalue weighted by Crippen LogP contribution is -2.57. The van der Waals surface area contributed by atoms with E-state index in [1.54, 1.807) is 4.31 Å². The number of hydrogen-bond acceptors (Lipinski definition) is 4. The van der Waals surface area contributed by atoms with E-state index in [0.717, 1.165) is 51.7 Å². The minimum Gasteiger partial charge on any atom is -0.313 e. The van der Waals surface area contributed by atoms with Crippen molar-refractivity contribution in [3.8, 4) is 0 Å². The fourth-order valence-electron chi connectivity index (χ4n) is 3.07. The minimum atomic E-state index is -3.41. The van der Waals surface area contributed by atoms with Crippen molar-refractivity contribution < 1.29 is 8.42 Å². The predicted molar refractivity (Wildman–Crippen MR) is 85.0 cm³/mol. The minimum absolute atomic E-state index is 0.0726. The van der Waals surface area contributed by atoms with E-state index in [4.69, 9.17) is 0 Å². The molecular weight excluding hydrogens is 288 g/mol. The van der Waals surface area contributed by atoms with Crippen molar-refractivity contribution in [2.24, 2.45) is 0 Å². The molecule has 0 bridgehead atoms. The largest absolute Gasteiger partial charge is 0.313 e. The molecule has 0 spiro atoms. The second-order valence-corrected chi connectivity index (χ2v) is 8.07. The standard InChI is InChI=1S/C14H30N4O2S/c1-13(2)15-12-14-8-4-7-11-18(14)21(19,20)16-17-9-5-3-6-10-17/h13-16H,3-12H2,1-2H3. The summed E-state index contributed by atoms with van der Waals surface area (Å²) < 4.78 is 27.0. The molecule has 2 heterocycles. The van der Waals surface area contributed by atoms with E-state index in [2.05, 4.69) is 24.0 Å². The normalized spacial score (nSPS) is 26.3. The Kier molecular flexibility index (Phi) is 6.43. The Hall–Kier alpha value is -0.210. The highest BCUT2D eigenvalue weighted by Crippen LogP contribution is 2.20. The zero-order chi connectivity index (χ0) is 15.3. The van der Waals surface area contributed by atoms with E-state index in [0.29, 0.717) is 12.6 Å². The van der Waals surface area contributed by atoms with Gasteiger partial charge in [-0.15, -0.1) is 4.83 Å². The summed E-state index contributed by atoms with van der Waals surface area (Å²) in [5, 5.41) is 5.23. The van der Waals surface area contributed by atoms with Crippen LogP contribution in [0.15, 0.2) is 0 Å². The van der Waals surface area contributed by atoms with Gasteiger partial charge in [-0.25, -0.2) is 5.01 Å². The first-order valence-corrected chi connectivity index (χ1v) is 9.70. The van der Waals surface area contributed by atoms with E-state index in [-0.39, 0.29) is 6.04 Å². The Morgan fingerprint density at radius 2 is 1.71 bits per heavy atom. The zero-order valence-electron chi connectivity index (χ0n) is 13.3. The summed E-state index contributed by atoms with van der Waals surface area (Å²) >= 11 is 0. The zero-order valence-corrected chi connectivity index (χ0v) is 14.2. The Labute approximate surface area is 129 Å². The average molecular weight is 318 g/mol. The van der Waals surface area contributed by atoms with Crippen LogP contribution in [-0.2, 0) is 10.2 Å². The molecule has 0 radical (unpaired) electrons. The van der Waals surface area contributed by atoms with Crippen molar-refractivity contribution in [2.45, 2.75) is 64.5 Å². The molecule has 2 rings (SSSR count). The number of nitrogens with zero attached hydrogens (tertiary/aromatic N) is 2. The van der Waals surface area contributed by atoms with Crippen LogP contribution in [0.1, 0.15) is 52.4 Å². The molecule has 2 aliphatic heterocycles. The number of nitrogens with one attached hydrogen (secondary N) is 2. The van der Waals surface area contributed by atoms with Crippen LogP contribution in [0.3, 0.4) is 0 Å². The fourth-order valence-corrected chi connectivity index (χ4v) is 4.62. The first kappa shape index (κ1) is 17.1. The van der Waals surface area contributed by atoms with E-state index in [1.807, 2.05) is 5.01 Å². The number of piperidine rings is 2. The van der Waals surface area contributed by atoms with Gasteiger partial charge in [-0.05, 0) is 25.7 Å². The van der Waals surface area contributed by atoms with Crippen molar-refractivity contribution in [1.29, 1.82) is 0 Å². The van der Waals surface area contributed by atoms with Crippen LogP contribution in [0, 0.1) is 0 Å². The van der Waals surface area contributed by atoms with Crippen molar-refractivity contribution in [1.82, 2.24) is 19.5 Å². The van der Waals surface area contributed by atoms with E-state index >= 15 is 0 Å². The molecule has 0 aromatic rings. The molecule has 7 heteroatoms. The maximum atomic E-state index is 12.7. The molecule has 0 aromatic carbocycles. The molecule has 2 aliphatic rings. The Balaban J connectivity index is 1.97. The summed E-state index contributed by atoms with van der Waals surface area (Å²) in [7, 11) is -3.41. The van der Waals surface area contributed by atoms with E-state index < -0.39 is 10.2 Å². The molecule has 2 saturated heterocycles. The molecule has 0 aromatic heterocycles. The van der Waals surface area contributed by atoms with Gasteiger partial charge >= 0.3 is 0 Å². The maximum Gasteiger partial charge on any atom is 0.292 e. The molecule has 0 saturated carbocycles. The highest BCUT2D eigenvalue weighted by atomic mass is 32.2. The smallest absolute Gasteiger partial charge is 0.292 e. The highest BCUT2D eigenvalue weighted by Gasteiger charge is 2.33. The summed E-state index contributed by atoms with van der Waals surface area (Å²) in [6, 6.07) is 0.454. The number of hydrogen-bond donors (Lipinski definition) is 2. The van der Waals surface area contributed by atoms with Crippen LogP contribution in [0.25, 0.3) is 0 Å². The molecule has 0 aliphatic carbocycles. The Morgan fingerprint density at radius 1 is 1.05 bits per heavy atom. The molecule has 21 heavy (non-hydrogen) atoms. The summed E-state index contributed by atoms with van der Waals surface area (Å²) in [5.41, 5.74) is 0. The second-order valence-electron chi connectivity index (χ2n) is 6.47. The average Bonchev–Trinajstić information content (AvgIpc) is 2.46.